The van der Waals surface area contributed by atoms with E-state index in [9.17, 15) is 17.6 Å². The van der Waals surface area contributed by atoms with Crippen LogP contribution in [0, 0.1) is 5.82 Å². The first kappa shape index (κ1) is 20.9. The second-order valence-electron chi connectivity index (χ2n) is 7.00. The van der Waals surface area contributed by atoms with Crippen molar-refractivity contribution in [3.05, 3.63) is 53.8 Å². The van der Waals surface area contributed by atoms with E-state index >= 15 is 0 Å². The molecule has 2 aromatic carbocycles. The van der Waals surface area contributed by atoms with E-state index in [4.69, 9.17) is 4.74 Å². The van der Waals surface area contributed by atoms with Gasteiger partial charge in [-0.2, -0.15) is 4.31 Å². The lowest BCUT2D eigenvalue weighted by Crippen LogP contribution is -2.34. The lowest BCUT2D eigenvalue weighted by Gasteiger charge is -2.20. The summed E-state index contributed by atoms with van der Waals surface area (Å²) in [6.45, 7) is 0.947. The zero-order valence-corrected chi connectivity index (χ0v) is 17.8. The van der Waals surface area contributed by atoms with Crippen molar-refractivity contribution in [2.75, 3.05) is 25.5 Å². The number of benzene rings is 2. The zero-order valence-electron chi connectivity index (χ0n) is 16.2. The molecule has 0 bridgehead atoms. The van der Waals surface area contributed by atoms with E-state index in [1.807, 2.05) is 0 Å². The number of carbonyl (C=O) groups excluding carboxylic acids is 1. The van der Waals surface area contributed by atoms with Crippen LogP contribution in [0.3, 0.4) is 0 Å². The third kappa shape index (κ3) is 4.22. The number of anilines is 1. The molecular weight excluding hydrogens is 429 g/mol. The second kappa shape index (κ2) is 8.38. The number of fused-ring (bicyclic) bond motifs is 1. The fourth-order valence-electron chi connectivity index (χ4n) is 3.27. The highest BCUT2D eigenvalue weighted by atomic mass is 32.2. The smallest absolute Gasteiger partial charge is 0.257 e. The molecule has 1 fully saturated rings. The minimum Gasteiger partial charge on any atom is -0.377 e. The van der Waals surface area contributed by atoms with Gasteiger partial charge in [-0.25, -0.2) is 17.8 Å². The lowest BCUT2D eigenvalue weighted by atomic mass is 10.2. The number of aromatic nitrogens is 1. The van der Waals surface area contributed by atoms with E-state index in [0.717, 1.165) is 24.2 Å². The van der Waals surface area contributed by atoms with Crippen LogP contribution in [0.5, 0.6) is 0 Å². The molecule has 4 rings (SSSR count). The number of nitrogens with zero attached hydrogens (tertiary/aromatic N) is 2. The molecule has 0 spiro atoms. The average Bonchev–Trinajstić information content (AvgIpc) is 3.38. The highest BCUT2D eigenvalue weighted by molar-refractivity contribution is 7.89. The molecule has 10 heteroatoms. The van der Waals surface area contributed by atoms with Gasteiger partial charge in [0.2, 0.25) is 10.0 Å². The fourth-order valence-corrected chi connectivity index (χ4v) is 5.35. The van der Waals surface area contributed by atoms with Gasteiger partial charge in [0.05, 0.1) is 15.7 Å². The first-order chi connectivity index (χ1) is 14.3. The topological polar surface area (TPSA) is 88.6 Å². The Hall–Kier alpha value is -2.40. The Morgan fingerprint density at radius 2 is 2.07 bits per heavy atom. The van der Waals surface area contributed by atoms with Gasteiger partial charge < -0.3 is 4.74 Å². The summed E-state index contributed by atoms with van der Waals surface area (Å²) in [6, 6.07) is 10.3. The first-order valence-electron chi connectivity index (χ1n) is 9.39. The molecule has 7 nitrogen and oxygen atoms in total. The van der Waals surface area contributed by atoms with Crippen LogP contribution in [0.15, 0.2) is 47.4 Å². The van der Waals surface area contributed by atoms with Crippen LogP contribution in [0.1, 0.15) is 23.2 Å². The normalized spacial score (nSPS) is 17.0. The van der Waals surface area contributed by atoms with Crippen LogP contribution in [0.25, 0.3) is 10.2 Å². The summed E-state index contributed by atoms with van der Waals surface area (Å²) in [7, 11) is -2.16. The number of nitrogens with one attached hydrogen (secondary N) is 1. The number of sulfonamides is 1. The van der Waals surface area contributed by atoms with Crippen LogP contribution in [-0.2, 0) is 14.8 Å². The summed E-state index contributed by atoms with van der Waals surface area (Å²) in [5.41, 5.74) is 0.476. The standard InChI is InChI=1S/C20H20FN3O4S2/c1-24(12-14-4-3-11-28-14)30(26,27)15-9-7-13(8-10-15)19(25)23-20-22-18-16(21)5-2-6-17(18)29-20/h2,5-10,14H,3-4,11-12H2,1H3,(H,22,23,25)/t14-/m0/s1. The second-order valence-corrected chi connectivity index (χ2v) is 10.1. The van der Waals surface area contributed by atoms with Crippen molar-refractivity contribution < 1.29 is 22.3 Å². The van der Waals surface area contributed by atoms with Crippen molar-refractivity contribution >= 4 is 42.6 Å². The van der Waals surface area contributed by atoms with E-state index in [1.54, 1.807) is 12.1 Å². The maximum absolute atomic E-state index is 13.8. The molecule has 0 aliphatic carbocycles. The van der Waals surface area contributed by atoms with Gasteiger partial charge in [0.25, 0.3) is 5.91 Å². The van der Waals surface area contributed by atoms with E-state index in [2.05, 4.69) is 10.3 Å². The molecule has 1 saturated heterocycles. The summed E-state index contributed by atoms with van der Waals surface area (Å²) < 4.78 is 46.7. The van der Waals surface area contributed by atoms with Gasteiger partial charge >= 0.3 is 0 Å². The van der Waals surface area contributed by atoms with Gasteiger partial charge in [-0.3, -0.25) is 10.1 Å². The van der Waals surface area contributed by atoms with E-state index < -0.39 is 21.7 Å². The van der Waals surface area contributed by atoms with Gasteiger partial charge in [0, 0.05) is 25.8 Å². The third-order valence-electron chi connectivity index (χ3n) is 4.90. The molecule has 30 heavy (non-hydrogen) atoms. The quantitative estimate of drug-likeness (QED) is 0.622. The molecule has 1 N–H and O–H groups in total. The van der Waals surface area contributed by atoms with Crippen molar-refractivity contribution in [2.24, 2.45) is 0 Å². The minimum atomic E-state index is -3.68. The SMILES string of the molecule is CN(C[C@@H]1CCCO1)S(=O)(=O)c1ccc(C(=O)Nc2nc3c(F)cccc3s2)cc1. The predicted octanol–water partition coefficient (Wildman–Crippen LogP) is 3.49. The molecule has 2 heterocycles. The Bertz CT molecular complexity index is 1170. The molecule has 0 radical (unpaired) electrons. The fraction of sp³-hybridized carbons (Fsp3) is 0.300. The van der Waals surface area contributed by atoms with Gasteiger partial charge in [-0.1, -0.05) is 17.4 Å². The predicted molar refractivity (Wildman–Crippen MR) is 113 cm³/mol. The van der Waals surface area contributed by atoms with Crippen LogP contribution in [-0.4, -0.2) is 49.9 Å². The molecule has 1 amide bonds. The minimum absolute atomic E-state index is 0.0894. The zero-order chi connectivity index (χ0) is 21.3. The average molecular weight is 450 g/mol. The van der Waals surface area contributed by atoms with E-state index in [0.29, 0.717) is 17.9 Å². The number of hydrogen-bond acceptors (Lipinski definition) is 6. The number of halogens is 1. The van der Waals surface area contributed by atoms with Crippen LogP contribution in [0.2, 0.25) is 0 Å². The number of amides is 1. The summed E-state index contributed by atoms with van der Waals surface area (Å²) in [6.07, 6.45) is 1.69. The van der Waals surface area contributed by atoms with Crippen molar-refractivity contribution in [3.63, 3.8) is 0 Å². The molecule has 158 valence electrons. The number of hydrogen-bond donors (Lipinski definition) is 1. The molecule has 1 aliphatic heterocycles. The Balaban J connectivity index is 1.46. The number of ether oxygens (including phenoxy) is 1. The van der Waals surface area contributed by atoms with Crippen molar-refractivity contribution in [2.45, 2.75) is 23.8 Å². The maximum atomic E-state index is 13.8. The molecule has 3 aromatic rings. The number of thiazole rings is 1. The van der Waals surface area contributed by atoms with Crippen LogP contribution < -0.4 is 5.32 Å². The van der Waals surface area contributed by atoms with Crippen molar-refractivity contribution in [1.82, 2.24) is 9.29 Å². The van der Waals surface area contributed by atoms with Crippen LogP contribution in [0.4, 0.5) is 9.52 Å². The molecule has 1 aliphatic rings. The van der Waals surface area contributed by atoms with Gasteiger partial charge in [0.15, 0.2) is 5.13 Å². The first-order valence-corrected chi connectivity index (χ1v) is 11.6. The highest BCUT2D eigenvalue weighted by Crippen LogP contribution is 2.28. The Labute approximate surface area is 177 Å². The number of carbonyl (C=O) groups is 1. The van der Waals surface area contributed by atoms with Crippen molar-refractivity contribution in [1.29, 1.82) is 0 Å². The largest absolute Gasteiger partial charge is 0.377 e. The number of rotatable bonds is 6. The Kier molecular flexibility index (Phi) is 5.83. The van der Waals surface area contributed by atoms with Gasteiger partial charge in [-0.15, -0.1) is 0 Å². The maximum Gasteiger partial charge on any atom is 0.257 e. The van der Waals surface area contributed by atoms with Crippen molar-refractivity contribution in [3.8, 4) is 0 Å². The van der Waals surface area contributed by atoms with Crippen LogP contribution >= 0.6 is 11.3 Å². The van der Waals surface area contributed by atoms with Gasteiger partial charge in [0.1, 0.15) is 11.3 Å². The Morgan fingerprint density at radius 3 is 2.73 bits per heavy atom. The van der Waals surface area contributed by atoms with Gasteiger partial charge in [-0.05, 0) is 49.2 Å². The lowest BCUT2D eigenvalue weighted by molar-refractivity contribution is 0.0979. The van der Waals surface area contributed by atoms with E-state index in [-0.39, 0.29) is 27.2 Å². The van der Waals surface area contributed by atoms with E-state index in [1.165, 1.54) is 41.7 Å². The summed E-state index contributed by atoms with van der Waals surface area (Å²) >= 11 is 1.16. The molecule has 1 aromatic heterocycles. The molecule has 0 unspecified atom stereocenters. The molecular formula is C20H20FN3O4S2. The Morgan fingerprint density at radius 1 is 1.30 bits per heavy atom. The number of para-hydroxylation sites is 1. The summed E-state index contributed by atoms with van der Waals surface area (Å²) in [5.74, 6) is -0.906. The third-order valence-corrected chi connectivity index (χ3v) is 7.67. The molecule has 0 saturated carbocycles. The summed E-state index contributed by atoms with van der Waals surface area (Å²) in [4.78, 5) is 16.7. The molecule has 1 atom stereocenters. The number of likely N-dealkylation sites (N-methyl/N-ethyl adjacent to an activating group) is 1. The highest BCUT2D eigenvalue weighted by Gasteiger charge is 2.26. The summed E-state index contributed by atoms with van der Waals surface area (Å²) in [5, 5.41) is 2.90. The monoisotopic (exact) mass is 449 g/mol.